The second-order valence-electron chi connectivity index (χ2n) is 8.87. The van der Waals surface area contributed by atoms with Gasteiger partial charge in [-0.1, -0.05) is 20.3 Å². The van der Waals surface area contributed by atoms with Crippen LogP contribution in [-0.2, 0) is 24.0 Å². The molecule has 0 saturated carbocycles. The summed E-state index contributed by atoms with van der Waals surface area (Å²) in [5.74, 6) is -1.84. The molecule has 0 aliphatic carbocycles. The van der Waals surface area contributed by atoms with Gasteiger partial charge in [0, 0.05) is 27.3 Å². The molecule has 0 aromatic rings. The number of likely N-dealkylation sites (tertiary alicyclic amines) is 1. The van der Waals surface area contributed by atoms with E-state index < -0.39 is 36.7 Å². The molecular formula is C23H39N5O6S. The Balaban J connectivity index is 2.49. The van der Waals surface area contributed by atoms with Crippen LogP contribution in [0.2, 0.25) is 0 Å². The highest BCUT2D eigenvalue weighted by Gasteiger charge is 2.37. The molecule has 0 spiro atoms. The summed E-state index contributed by atoms with van der Waals surface area (Å²) >= 11 is 1.37. The van der Waals surface area contributed by atoms with Gasteiger partial charge in [-0.15, -0.1) is 0 Å². The number of unbranched alkanes of at least 4 members (excludes halogenated alkanes) is 2. The molecule has 1 saturated heterocycles. The van der Waals surface area contributed by atoms with Gasteiger partial charge in [0.25, 0.3) is 0 Å². The molecular weight excluding hydrogens is 474 g/mol. The largest absolute Gasteiger partial charge is 0.352 e. The number of Topliss-reactive ketones (excluding diaryl/α,β-unsaturated/α-hetero) is 1. The van der Waals surface area contributed by atoms with Crippen LogP contribution in [0.25, 0.3) is 0 Å². The Labute approximate surface area is 212 Å². The smallest absolute Gasteiger partial charge is 0.312 e. The standard InChI is InChI=1S/C23H39N5O6S/c1-14(2)20(21(32)26-16(15(3)29)9-8-11-25-23(24)34)27-18(30)10-6-5-7-12-28-19(31)13-17(35-4)22(28)33/h14,16-17,20H,5-13H2,1-4H3,(H,26,32)(H,27,30)(H3,24,25,34)/t16-,17?,20-/m0/s1/i3D. The van der Waals surface area contributed by atoms with Gasteiger partial charge in [0.1, 0.15) is 6.04 Å². The number of amides is 6. The van der Waals surface area contributed by atoms with E-state index in [0.29, 0.717) is 32.2 Å². The van der Waals surface area contributed by atoms with Crippen molar-refractivity contribution in [3.05, 3.63) is 0 Å². The number of rotatable bonds is 16. The SMILES string of the molecule is [2H]CC(=O)[C@H](CCCNC(N)=O)NC(=O)[C@@H](NC(=O)CCCCCN1C(=O)CC(SC)C1=O)C(C)C. The van der Waals surface area contributed by atoms with Gasteiger partial charge in [-0.05, 0) is 44.8 Å². The van der Waals surface area contributed by atoms with E-state index in [1.165, 1.54) is 16.7 Å². The number of imide groups is 1. The fourth-order valence-corrected chi connectivity index (χ4v) is 4.32. The minimum atomic E-state index is -0.899. The number of carbonyl (C=O) groups excluding carboxylic acids is 6. The maximum absolute atomic E-state index is 12.8. The number of primary amides is 1. The van der Waals surface area contributed by atoms with Crippen LogP contribution in [0.3, 0.4) is 0 Å². The molecule has 1 unspecified atom stereocenters. The maximum Gasteiger partial charge on any atom is 0.312 e. The molecule has 35 heavy (non-hydrogen) atoms. The van der Waals surface area contributed by atoms with Crippen molar-refractivity contribution in [2.75, 3.05) is 19.3 Å². The third-order valence-electron chi connectivity index (χ3n) is 5.71. The number of nitrogens with two attached hydrogens (primary N) is 1. The van der Waals surface area contributed by atoms with Crippen LogP contribution in [0, 0.1) is 5.92 Å². The molecule has 1 fully saturated rings. The predicted molar refractivity (Wildman–Crippen MR) is 133 cm³/mol. The Kier molecular flexibility index (Phi) is 12.6. The predicted octanol–water partition coefficient (Wildman–Crippen LogP) is 0.700. The molecule has 0 aromatic heterocycles. The van der Waals surface area contributed by atoms with Crippen LogP contribution in [0.1, 0.15) is 67.1 Å². The summed E-state index contributed by atoms with van der Waals surface area (Å²) in [7, 11) is 0. The van der Waals surface area contributed by atoms with Gasteiger partial charge in [0.15, 0.2) is 5.78 Å². The molecule has 3 atom stereocenters. The van der Waals surface area contributed by atoms with Crippen LogP contribution in [0.15, 0.2) is 0 Å². The zero-order chi connectivity index (χ0) is 27.3. The van der Waals surface area contributed by atoms with Gasteiger partial charge in [0.2, 0.25) is 23.6 Å². The molecule has 11 nitrogen and oxygen atoms in total. The van der Waals surface area contributed by atoms with Gasteiger partial charge in [-0.2, -0.15) is 11.8 Å². The van der Waals surface area contributed by atoms with Crippen molar-refractivity contribution in [1.82, 2.24) is 20.9 Å². The van der Waals surface area contributed by atoms with Crippen LogP contribution < -0.4 is 21.7 Å². The maximum atomic E-state index is 12.8. The van der Waals surface area contributed by atoms with E-state index in [-0.39, 0.29) is 54.7 Å². The van der Waals surface area contributed by atoms with Gasteiger partial charge in [-0.3, -0.25) is 28.9 Å². The van der Waals surface area contributed by atoms with Gasteiger partial charge >= 0.3 is 6.03 Å². The fourth-order valence-electron chi connectivity index (χ4n) is 3.68. The Hall–Kier alpha value is -2.63. The number of carbonyl (C=O) groups is 6. The summed E-state index contributed by atoms with van der Waals surface area (Å²) in [6, 6.07) is -2.44. The van der Waals surface area contributed by atoms with E-state index in [1.54, 1.807) is 20.1 Å². The number of nitrogens with one attached hydrogen (secondary N) is 3. The molecule has 1 rings (SSSR count). The van der Waals surface area contributed by atoms with E-state index in [1.807, 2.05) is 0 Å². The highest BCUT2D eigenvalue weighted by atomic mass is 32.2. The highest BCUT2D eigenvalue weighted by molar-refractivity contribution is 8.00. The van der Waals surface area contributed by atoms with E-state index >= 15 is 0 Å². The Morgan fingerprint density at radius 3 is 2.43 bits per heavy atom. The number of urea groups is 1. The zero-order valence-corrected chi connectivity index (χ0v) is 21.6. The molecule has 1 heterocycles. The van der Waals surface area contributed by atoms with Crippen molar-refractivity contribution in [1.29, 1.82) is 0 Å². The van der Waals surface area contributed by atoms with Gasteiger partial charge in [0.05, 0.1) is 11.3 Å². The summed E-state index contributed by atoms with van der Waals surface area (Å²) < 4.78 is 7.34. The summed E-state index contributed by atoms with van der Waals surface area (Å²) in [5.41, 5.74) is 5.01. The van der Waals surface area contributed by atoms with Crippen molar-refractivity contribution in [3.63, 3.8) is 0 Å². The molecule has 0 bridgehead atoms. The minimum Gasteiger partial charge on any atom is -0.352 e. The van der Waals surface area contributed by atoms with Crippen LogP contribution in [-0.4, -0.2) is 77.0 Å². The number of nitrogens with zero attached hydrogens (tertiary/aromatic N) is 1. The van der Waals surface area contributed by atoms with Crippen LogP contribution >= 0.6 is 11.8 Å². The fraction of sp³-hybridized carbons (Fsp3) is 0.739. The lowest BCUT2D eigenvalue weighted by Crippen LogP contribution is -2.53. The number of hydrogen-bond donors (Lipinski definition) is 4. The number of hydrogen-bond acceptors (Lipinski definition) is 7. The van der Waals surface area contributed by atoms with E-state index in [0.717, 1.165) is 0 Å². The molecule has 1 aliphatic rings. The lowest BCUT2D eigenvalue weighted by atomic mass is 10.0. The second kappa shape index (κ2) is 15.4. The van der Waals surface area contributed by atoms with E-state index in [2.05, 4.69) is 16.0 Å². The Bertz CT molecular complexity index is 812. The first-order valence-corrected chi connectivity index (χ1v) is 13.1. The molecule has 198 valence electrons. The Morgan fingerprint density at radius 1 is 1.14 bits per heavy atom. The van der Waals surface area contributed by atoms with Crippen molar-refractivity contribution < 1.29 is 30.1 Å². The van der Waals surface area contributed by atoms with Crippen molar-refractivity contribution >= 4 is 47.2 Å². The average molecular weight is 515 g/mol. The lowest BCUT2D eigenvalue weighted by molar-refractivity contribution is -0.138. The summed E-state index contributed by atoms with van der Waals surface area (Å²) in [6.07, 6.45) is 4.60. The van der Waals surface area contributed by atoms with E-state index in [9.17, 15) is 28.8 Å². The minimum absolute atomic E-state index is 0.151. The van der Waals surface area contributed by atoms with Crippen molar-refractivity contribution in [3.8, 4) is 0 Å². The lowest BCUT2D eigenvalue weighted by Gasteiger charge is -2.24. The zero-order valence-electron chi connectivity index (χ0n) is 21.8. The first-order valence-electron chi connectivity index (χ1n) is 12.5. The first-order chi connectivity index (χ1) is 17.0. The molecule has 6 amide bonds. The van der Waals surface area contributed by atoms with Gasteiger partial charge < -0.3 is 21.7 Å². The number of thioether (sulfide) groups is 1. The summed E-state index contributed by atoms with van der Waals surface area (Å²) in [6.45, 7) is 3.62. The molecule has 5 N–H and O–H groups in total. The first kappa shape index (κ1) is 28.6. The molecule has 0 aromatic carbocycles. The van der Waals surface area contributed by atoms with E-state index in [4.69, 9.17) is 7.10 Å². The Morgan fingerprint density at radius 2 is 1.86 bits per heavy atom. The summed E-state index contributed by atoms with van der Waals surface area (Å²) in [4.78, 5) is 73.5. The topological polar surface area (TPSA) is 168 Å². The third-order valence-corrected chi connectivity index (χ3v) is 6.65. The molecule has 1 aliphatic heterocycles. The summed E-state index contributed by atoms with van der Waals surface area (Å²) in [5, 5.41) is 7.45. The molecule has 12 heteroatoms. The van der Waals surface area contributed by atoms with Crippen LogP contribution in [0.5, 0.6) is 0 Å². The molecule has 0 radical (unpaired) electrons. The quantitative estimate of drug-likeness (QED) is 0.174. The average Bonchev–Trinajstić information content (AvgIpc) is 3.10. The van der Waals surface area contributed by atoms with Gasteiger partial charge in [-0.25, -0.2) is 4.79 Å². The highest BCUT2D eigenvalue weighted by Crippen LogP contribution is 2.23. The normalized spacial score (nSPS) is 17.7. The third kappa shape index (κ3) is 10.7. The van der Waals surface area contributed by atoms with Crippen molar-refractivity contribution in [2.24, 2.45) is 11.7 Å². The van der Waals surface area contributed by atoms with Crippen molar-refractivity contribution in [2.45, 2.75) is 83.0 Å². The van der Waals surface area contributed by atoms with Crippen LogP contribution in [0.4, 0.5) is 4.79 Å². The number of ketones is 1. The monoisotopic (exact) mass is 514 g/mol. The second-order valence-corrected chi connectivity index (χ2v) is 9.91.